The molecule has 4 nitrogen and oxygen atoms in total. The van der Waals surface area contributed by atoms with Gasteiger partial charge < -0.3 is 10.8 Å². The summed E-state index contributed by atoms with van der Waals surface area (Å²) < 4.78 is 0. The number of amidine groups is 1. The molecular weight excluding hydrogens is 154 g/mol. The molecule has 0 aromatic heterocycles. The zero-order chi connectivity index (χ0) is 8.97. The quantitative estimate of drug-likeness (QED) is 0.382. The highest BCUT2D eigenvalue weighted by molar-refractivity contribution is 5.76. The van der Waals surface area contributed by atoms with Gasteiger partial charge in [0, 0.05) is 25.6 Å². The SMILES string of the molecule is N=C(N)CCN(CCO)C1CC1. The predicted octanol–water partition coefficient (Wildman–Crippen LogP) is -0.231. The minimum absolute atomic E-state index is 0.203. The fraction of sp³-hybridized carbons (Fsp3) is 0.875. The Morgan fingerprint density at radius 1 is 1.50 bits per heavy atom. The van der Waals surface area contributed by atoms with E-state index in [0.717, 1.165) is 13.1 Å². The number of hydrogen-bond donors (Lipinski definition) is 3. The van der Waals surface area contributed by atoms with Crippen molar-refractivity contribution in [1.29, 1.82) is 5.41 Å². The molecular formula is C8H17N3O. The van der Waals surface area contributed by atoms with Crippen molar-refractivity contribution in [2.24, 2.45) is 5.73 Å². The van der Waals surface area contributed by atoms with Gasteiger partial charge in [-0.2, -0.15) is 0 Å². The van der Waals surface area contributed by atoms with Crippen LogP contribution in [0.15, 0.2) is 0 Å². The lowest BCUT2D eigenvalue weighted by atomic mass is 10.3. The second-order valence-corrected chi connectivity index (χ2v) is 3.27. The van der Waals surface area contributed by atoms with E-state index < -0.39 is 0 Å². The van der Waals surface area contributed by atoms with Gasteiger partial charge in [-0.25, -0.2) is 0 Å². The van der Waals surface area contributed by atoms with Crippen molar-refractivity contribution in [3.8, 4) is 0 Å². The number of rotatable bonds is 6. The van der Waals surface area contributed by atoms with E-state index in [-0.39, 0.29) is 12.4 Å². The van der Waals surface area contributed by atoms with Crippen LogP contribution in [0.2, 0.25) is 0 Å². The summed E-state index contributed by atoms with van der Waals surface area (Å²) in [7, 11) is 0. The van der Waals surface area contributed by atoms with Crippen LogP contribution in [-0.2, 0) is 0 Å². The molecule has 0 aromatic rings. The Hall–Kier alpha value is -0.610. The summed E-state index contributed by atoms with van der Waals surface area (Å²) in [6.45, 7) is 1.74. The minimum Gasteiger partial charge on any atom is -0.395 e. The number of aliphatic hydroxyl groups excluding tert-OH is 1. The van der Waals surface area contributed by atoms with Crippen LogP contribution in [0.3, 0.4) is 0 Å². The standard InChI is InChI=1S/C8H17N3O/c9-8(10)3-4-11(5-6-12)7-1-2-7/h7,12H,1-6H2,(H3,9,10). The number of nitrogens with one attached hydrogen (secondary N) is 1. The summed E-state index contributed by atoms with van der Waals surface area (Å²) in [6, 6.07) is 0.650. The number of aliphatic hydroxyl groups is 1. The first kappa shape index (κ1) is 9.48. The molecule has 0 atom stereocenters. The van der Waals surface area contributed by atoms with Gasteiger partial charge >= 0.3 is 0 Å². The van der Waals surface area contributed by atoms with Crippen molar-refractivity contribution in [3.05, 3.63) is 0 Å². The lowest BCUT2D eigenvalue weighted by Gasteiger charge is -2.19. The summed E-state index contributed by atoms with van der Waals surface area (Å²) in [4.78, 5) is 2.21. The van der Waals surface area contributed by atoms with Crippen LogP contribution in [0.4, 0.5) is 0 Å². The van der Waals surface area contributed by atoms with Gasteiger partial charge in [-0.3, -0.25) is 10.3 Å². The van der Waals surface area contributed by atoms with Crippen molar-refractivity contribution in [3.63, 3.8) is 0 Å². The van der Waals surface area contributed by atoms with Gasteiger partial charge in [0.2, 0.25) is 0 Å². The molecule has 0 amide bonds. The second-order valence-electron chi connectivity index (χ2n) is 3.27. The van der Waals surface area contributed by atoms with Gasteiger partial charge in [-0.15, -0.1) is 0 Å². The summed E-state index contributed by atoms with van der Waals surface area (Å²) in [5.74, 6) is 0.235. The molecule has 0 radical (unpaired) electrons. The van der Waals surface area contributed by atoms with Crippen LogP contribution in [0.1, 0.15) is 19.3 Å². The molecule has 1 saturated carbocycles. The fourth-order valence-electron chi connectivity index (χ4n) is 1.31. The minimum atomic E-state index is 0.203. The monoisotopic (exact) mass is 171 g/mol. The van der Waals surface area contributed by atoms with Crippen molar-refractivity contribution in [2.45, 2.75) is 25.3 Å². The third-order valence-electron chi connectivity index (χ3n) is 2.12. The van der Waals surface area contributed by atoms with Crippen molar-refractivity contribution >= 4 is 5.84 Å². The normalized spacial score (nSPS) is 16.8. The van der Waals surface area contributed by atoms with Gasteiger partial charge in [0.15, 0.2) is 0 Å². The average Bonchev–Trinajstić information content (AvgIpc) is 2.79. The maximum atomic E-state index is 8.75. The molecule has 70 valence electrons. The maximum absolute atomic E-state index is 8.75. The average molecular weight is 171 g/mol. The Balaban J connectivity index is 2.18. The zero-order valence-electron chi connectivity index (χ0n) is 7.29. The van der Waals surface area contributed by atoms with Crippen LogP contribution in [0.25, 0.3) is 0 Å². The highest BCUT2D eigenvalue weighted by Gasteiger charge is 2.27. The summed E-state index contributed by atoms with van der Waals surface area (Å²) in [5.41, 5.74) is 5.25. The lowest BCUT2D eigenvalue weighted by molar-refractivity contribution is 0.192. The third kappa shape index (κ3) is 3.19. The molecule has 0 bridgehead atoms. The maximum Gasteiger partial charge on any atom is 0.0918 e. The smallest absolute Gasteiger partial charge is 0.0918 e. The highest BCUT2D eigenvalue weighted by atomic mass is 16.3. The Morgan fingerprint density at radius 2 is 2.17 bits per heavy atom. The van der Waals surface area contributed by atoms with Crippen molar-refractivity contribution in [1.82, 2.24) is 4.90 Å². The summed E-state index contributed by atoms with van der Waals surface area (Å²) in [5, 5.41) is 15.8. The third-order valence-corrected chi connectivity index (χ3v) is 2.12. The van der Waals surface area contributed by atoms with E-state index in [9.17, 15) is 0 Å². The molecule has 0 aliphatic heterocycles. The van der Waals surface area contributed by atoms with Gasteiger partial charge in [0.05, 0.1) is 12.4 Å². The zero-order valence-corrected chi connectivity index (χ0v) is 7.29. The first-order chi connectivity index (χ1) is 5.74. The first-order valence-corrected chi connectivity index (χ1v) is 4.42. The van der Waals surface area contributed by atoms with E-state index in [2.05, 4.69) is 4.90 Å². The molecule has 0 spiro atoms. The first-order valence-electron chi connectivity index (χ1n) is 4.42. The molecule has 0 aromatic carbocycles. The van der Waals surface area contributed by atoms with Crippen LogP contribution >= 0.6 is 0 Å². The Bertz CT molecular complexity index is 156. The Morgan fingerprint density at radius 3 is 2.58 bits per heavy atom. The molecule has 4 N–H and O–H groups in total. The topological polar surface area (TPSA) is 73.3 Å². The molecule has 0 unspecified atom stereocenters. The van der Waals surface area contributed by atoms with E-state index in [1.54, 1.807) is 0 Å². The Kier molecular flexibility index (Phi) is 3.49. The predicted molar refractivity (Wildman–Crippen MR) is 48.2 cm³/mol. The van der Waals surface area contributed by atoms with Crippen LogP contribution in [0, 0.1) is 5.41 Å². The number of nitrogens with two attached hydrogens (primary N) is 1. The molecule has 1 rings (SSSR count). The molecule has 1 aliphatic carbocycles. The van der Waals surface area contributed by atoms with Gasteiger partial charge in [-0.1, -0.05) is 0 Å². The van der Waals surface area contributed by atoms with E-state index in [1.807, 2.05) is 0 Å². The summed E-state index contributed by atoms with van der Waals surface area (Å²) in [6.07, 6.45) is 3.09. The Labute approximate surface area is 72.9 Å². The molecule has 0 saturated heterocycles. The molecule has 0 heterocycles. The van der Waals surface area contributed by atoms with Gasteiger partial charge in [0.1, 0.15) is 0 Å². The van der Waals surface area contributed by atoms with Gasteiger partial charge in [-0.05, 0) is 12.8 Å². The van der Waals surface area contributed by atoms with Gasteiger partial charge in [0.25, 0.3) is 0 Å². The number of hydrogen-bond acceptors (Lipinski definition) is 3. The number of nitrogens with zero attached hydrogens (tertiary/aromatic N) is 1. The van der Waals surface area contributed by atoms with E-state index in [0.29, 0.717) is 12.5 Å². The van der Waals surface area contributed by atoms with Crippen LogP contribution in [-0.4, -0.2) is 41.6 Å². The fourth-order valence-corrected chi connectivity index (χ4v) is 1.31. The van der Waals surface area contributed by atoms with Crippen LogP contribution < -0.4 is 5.73 Å². The highest BCUT2D eigenvalue weighted by Crippen LogP contribution is 2.26. The molecule has 1 fully saturated rings. The van der Waals surface area contributed by atoms with Crippen molar-refractivity contribution < 1.29 is 5.11 Å². The largest absolute Gasteiger partial charge is 0.395 e. The second kappa shape index (κ2) is 4.42. The molecule has 1 aliphatic rings. The lowest BCUT2D eigenvalue weighted by Crippen LogP contribution is -2.32. The molecule has 4 heteroatoms. The van der Waals surface area contributed by atoms with Crippen molar-refractivity contribution in [2.75, 3.05) is 19.7 Å². The van der Waals surface area contributed by atoms with E-state index in [4.69, 9.17) is 16.2 Å². The molecule has 12 heavy (non-hydrogen) atoms. The van der Waals surface area contributed by atoms with E-state index in [1.165, 1.54) is 12.8 Å². The van der Waals surface area contributed by atoms with E-state index >= 15 is 0 Å². The summed E-state index contributed by atoms with van der Waals surface area (Å²) >= 11 is 0. The van der Waals surface area contributed by atoms with Crippen LogP contribution in [0.5, 0.6) is 0 Å².